The van der Waals surface area contributed by atoms with Gasteiger partial charge in [0.2, 0.25) is 5.91 Å². The Labute approximate surface area is 164 Å². The normalized spacial score (nSPS) is 17.7. The molecule has 2 aromatic rings. The molecule has 2 aromatic carbocycles. The van der Waals surface area contributed by atoms with Crippen molar-refractivity contribution in [2.45, 2.75) is 38.3 Å². The zero-order chi connectivity index (χ0) is 18.7. The van der Waals surface area contributed by atoms with Gasteiger partial charge in [0.15, 0.2) is 5.66 Å². The van der Waals surface area contributed by atoms with Crippen molar-refractivity contribution < 1.29 is 4.79 Å². The minimum Gasteiger partial charge on any atom is -0.325 e. The lowest BCUT2D eigenvalue weighted by atomic mass is 10.1. The van der Waals surface area contributed by atoms with Crippen molar-refractivity contribution in [1.82, 2.24) is 0 Å². The van der Waals surface area contributed by atoms with Gasteiger partial charge in [-0.2, -0.15) is 0 Å². The zero-order valence-corrected chi connectivity index (χ0v) is 16.3. The molecule has 0 atom stereocenters. The molecule has 1 heterocycles. The fraction of sp³-hybridized carbons (Fsp3) is 0.318. The van der Waals surface area contributed by atoms with Crippen molar-refractivity contribution in [1.29, 1.82) is 0 Å². The van der Waals surface area contributed by atoms with E-state index < -0.39 is 0 Å². The van der Waals surface area contributed by atoms with E-state index >= 15 is 0 Å². The Morgan fingerprint density at radius 1 is 1.04 bits per heavy atom. The van der Waals surface area contributed by atoms with E-state index in [4.69, 9.17) is 9.98 Å². The molecule has 5 heteroatoms. The van der Waals surface area contributed by atoms with Crippen LogP contribution in [0.1, 0.15) is 36.8 Å². The molecule has 0 aromatic heterocycles. The van der Waals surface area contributed by atoms with Gasteiger partial charge in [-0.3, -0.25) is 9.79 Å². The predicted octanol–water partition coefficient (Wildman–Crippen LogP) is 4.84. The third kappa shape index (κ3) is 3.98. The standard InChI is InChI=1S/C22H23N3OS/c1-16-9-5-6-12-18(16)23-19(26)15-27-21-20(17-10-3-2-4-11-17)24-22(25-21)13-7-8-14-22/h2-6,9-12H,7-8,13-15H2,1H3,(H,23,26). The minimum absolute atomic E-state index is 0.0169. The summed E-state index contributed by atoms with van der Waals surface area (Å²) in [5.41, 5.74) is 3.64. The molecule has 1 fully saturated rings. The third-order valence-electron chi connectivity index (χ3n) is 5.04. The largest absolute Gasteiger partial charge is 0.325 e. The molecule has 1 spiro atoms. The molecule has 0 radical (unpaired) electrons. The van der Waals surface area contributed by atoms with Crippen LogP contribution in [0.2, 0.25) is 0 Å². The van der Waals surface area contributed by atoms with Crippen LogP contribution in [0.5, 0.6) is 0 Å². The summed E-state index contributed by atoms with van der Waals surface area (Å²) in [6.07, 6.45) is 4.34. The molecule has 1 N–H and O–H groups in total. The number of carbonyl (C=O) groups excluding carboxylic acids is 1. The van der Waals surface area contributed by atoms with Crippen LogP contribution < -0.4 is 5.32 Å². The summed E-state index contributed by atoms with van der Waals surface area (Å²) < 4.78 is 0. The van der Waals surface area contributed by atoms with Crippen LogP contribution in [-0.4, -0.2) is 28.1 Å². The number of amides is 1. The molecule has 138 valence electrons. The second-order valence-corrected chi connectivity index (χ2v) is 8.05. The number of rotatable bonds is 4. The highest BCUT2D eigenvalue weighted by Gasteiger charge is 2.39. The first-order valence-corrected chi connectivity index (χ1v) is 10.4. The number of aryl methyl sites for hydroxylation is 1. The SMILES string of the molecule is Cc1ccccc1NC(=O)CSC1=NC2(CCCC2)N=C1c1ccccc1. The van der Waals surface area contributed by atoms with Gasteiger partial charge < -0.3 is 5.32 Å². The van der Waals surface area contributed by atoms with Crippen molar-refractivity contribution in [2.24, 2.45) is 9.98 Å². The summed E-state index contributed by atoms with van der Waals surface area (Å²) >= 11 is 1.49. The Kier molecular flexibility index (Phi) is 5.12. The average Bonchev–Trinajstić information content (AvgIpc) is 3.30. The number of carbonyl (C=O) groups is 1. The molecule has 4 nitrogen and oxygen atoms in total. The summed E-state index contributed by atoms with van der Waals surface area (Å²) in [5, 5.41) is 3.89. The Morgan fingerprint density at radius 3 is 2.48 bits per heavy atom. The van der Waals surface area contributed by atoms with E-state index in [1.807, 2.05) is 49.4 Å². The monoisotopic (exact) mass is 377 g/mol. The molecule has 1 aliphatic heterocycles. The highest BCUT2D eigenvalue weighted by molar-refractivity contribution is 8.16. The van der Waals surface area contributed by atoms with Gasteiger partial charge in [-0.25, -0.2) is 4.99 Å². The molecule has 0 saturated heterocycles. The van der Waals surface area contributed by atoms with Crippen molar-refractivity contribution in [3.05, 3.63) is 65.7 Å². The first-order chi connectivity index (χ1) is 13.2. The number of anilines is 1. The molecular weight excluding hydrogens is 354 g/mol. The molecule has 1 saturated carbocycles. The summed E-state index contributed by atoms with van der Waals surface area (Å²) in [4.78, 5) is 22.4. The lowest BCUT2D eigenvalue weighted by molar-refractivity contribution is -0.113. The summed E-state index contributed by atoms with van der Waals surface area (Å²) in [7, 11) is 0. The minimum atomic E-state index is -0.292. The van der Waals surface area contributed by atoms with Crippen molar-refractivity contribution in [3.63, 3.8) is 0 Å². The molecule has 2 aliphatic rings. The number of hydrogen-bond donors (Lipinski definition) is 1. The fourth-order valence-electron chi connectivity index (χ4n) is 3.61. The van der Waals surface area contributed by atoms with Gasteiger partial charge in [-0.1, -0.05) is 60.3 Å². The maximum atomic E-state index is 12.5. The number of para-hydroxylation sites is 1. The predicted molar refractivity (Wildman–Crippen MR) is 114 cm³/mol. The molecule has 4 rings (SSSR count). The van der Waals surface area contributed by atoms with Crippen LogP contribution in [-0.2, 0) is 4.79 Å². The highest BCUT2D eigenvalue weighted by atomic mass is 32.2. The van der Waals surface area contributed by atoms with Gasteiger partial charge in [0.05, 0.1) is 11.5 Å². The summed E-state index contributed by atoms with van der Waals surface area (Å²) in [5.74, 6) is 0.312. The van der Waals surface area contributed by atoms with E-state index in [2.05, 4.69) is 17.4 Å². The average molecular weight is 378 g/mol. The van der Waals surface area contributed by atoms with E-state index in [0.29, 0.717) is 5.75 Å². The molecular formula is C22H23N3OS. The van der Waals surface area contributed by atoms with Gasteiger partial charge >= 0.3 is 0 Å². The fourth-order valence-corrected chi connectivity index (χ4v) is 4.48. The lowest BCUT2D eigenvalue weighted by Crippen LogP contribution is -2.18. The number of hydrogen-bond acceptors (Lipinski definition) is 4. The second kappa shape index (κ2) is 7.69. The number of nitrogens with one attached hydrogen (secondary N) is 1. The van der Waals surface area contributed by atoms with Crippen LogP contribution in [0.25, 0.3) is 0 Å². The second-order valence-electron chi connectivity index (χ2n) is 7.08. The Balaban J connectivity index is 1.49. The van der Waals surface area contributed by atoms with Crippen LogP contribution in [0, 0.1) is 6.92 Å². The maximum absolute atomic E-state index is 12.5. The van der Waals surface area contributed by atoms with E-state index in [1.165, 1.54) is 24.6 Å². The van der Waals surface area contributed by atoms with Crippen LogP contribution >= 0.6 is 11.8 Å². The van der Waals surface area contributed by atoms with Crippen molar-refractivity contribution in [2.75, 3.05) is 11.1 Å². The number of nitrogens with zero attached hydrogens (tertiary/aromatic N) is 2. The van der Waals surface area contributed by atoms with E-state index in [0.717, 1.165) is 40.4 Å². The van der Waals surface area contributed by atoms with Gasteiger partial charge in [0.25, 0.3) is 0 Å². The van der Waals surface area contributed by atoms with E-state index in [-0.39, 0.29) is 11.6 Å². The van der Waals surface area contributed by atoms with Gasteiger partial charge in [-0.15, -0.1) is 0 Å². The van der Waals surface area contributed by atoms with Crippen LogP contribution in [0.4, 0.5) is 5.69 Å². The topological polar surface area (TPSA) is 53.8 Å². The van der Waals surface area contributed by atoms with Crippen molar-refractivity contribution in [3.8, 4) is 0 Å². The molecule has 1 aliphatic carbocycles. The smallest absolute Gasteiger partial charge is 0.234 e. The van der Waals surface area contributed by atoms with Gasteiger partial charge in [0, 0.05) is 11.3 Å². The van der Waals surface area contributed by atoms with Crippen LogP contribution in [0.3, 0.4) is 0 Å². The molecule has 27 heavy (non-hydrogen) atoms. The lowest BCUT2D eigenvalue weighted by Gasteiger charge is -2.14. The van der Waals surface area contributed by atoms with Crippen LogP contribution in [0.15, 0.2) is 64.6 Å². The number of thioether (sulfide) groups is 1. The zero-order valence-electron chi connectivity index (χ0n) is 15.4. The van der Waals surface area contributed by atoms with Gasteiger partial charge in [-0.05, 0) is 44.2 Å². The quantitative estimate of drug-likeness (QED) is 0.829. The first-order valence-electron chi connectivity index (χ1n) is 9.39. The third-order valence-corrected chi connectivity index (χ3v) is 6.01. The number of benzene rings is 2. The Bertz CT molecular complexity index is 899. The Hall–Kier alpha value is -2.40. The Morgan fingerprint density at radius 2 is 1.74 bits per heavy atom. The van der Waals surface area contributed by atoms with E-state index in [9.17, 15) is 4.79 Å². The molecule has 0 bridgehead atoms. The summed E-state index contributed by atoms with van der Waals surface area (Å²) in [6, 6.07) is 18.0. The molecule has 1 amide bonds. The highest BCUT2D eigenvalue weighted by Crippen LogP contribution is 2.40. The van der Waals surface area contributed by atoms with Gasteiger partial charge in [0.1, 0.15) is 5.04 Å². The number of aliphatic imine (C=N–C) groups is 2. The summed E-state index contributed by atoms with van der Waals surface area (Å²) in [6.45, 7) is 1.99. The first kappa shape index (κ1) is 18.0. The van der Waals surface area contributed by atoms with Crippen molar-refractivity contribution >= 4 is 34.1 Å². The maximum Gasteiger partial charge on any atom is 0.234 e. The molecule has 0 unspecified atom stereocenters. The van der Waals surface area contributed by atoms with E-state index in [1.54, 1.807) is 0 Å².